The number of rotatable bonds is 2. The number of aryl methyl sites for hydroxylation is 1. The highest BCUT2D eigenvalue weighted by molar-refractivity contribution is 7.18. The molecular formula is C13H16ClN3OS. The molecule has 4 nitrogen and oxygen atoms in total. The van der Waals surface area contributed by atoms with Crippen molar-refractivity contribution in [1.82, 2.24) is 9.97 Å². The molecule has 1 atom stereocenters. The molecule has 19 heavy (non-hydrogen) atoms. The summed E-state index contributed by atoms with van der Waals surface area (Å²) in [5.41, 5.74) is -0.645. The number of aromatic nitrogens is 2. The largest absolute Gasteiger partial charge is 0.388 e. The Labute approximate surface area is 121 Å². The molecule has 102 valence electrons. The van der Waals surface area contributed by atoms with Gasteiger partial charge in [0.05, 0.1) is 11.0 Å². The lowest BCUT2D eigenvalue weighted by Crippen LogP contribution is -2.30. The van der Waals surface area contributed by atoms with Crippen molar-refractivity contribution in [3.05, 3.63) is 16.2 Å². The Balaban J connectivity index is 2.09. The maximum absolute atomic E-state index is 10.1. The van der Waals surface area contributed by atoms with Crippen molar-refractivity contribution < 1.29 is 5.11 Å². The summed E-state index contributed by atoms with van der Waals surface area (Å²) in [6.45, 7) is 5.37. The third kappa shape index (κ3) is 2.42. The van der Waals surface area contributed by atoms with E-state index in [9.17, 15) is 5.11 Å². The number of hydrogen-bond acceptors (Lipinski definition) is 5. The Morgan fingerprint density at radius 2 is 2.32 bits per heavy atom. The van der Waals surface area contributed by atoms with Gasteiger partial charge in [-0.2, -0.15) is 4.98 Å². The minimum atomic E-state index is -0.645. The molecular weight excluding hydrogens is 282 g/mol. The zero-order valence-electron chi connectivity index (χ0n) is 11.0. The summed E-state index contributed by atoms with van der Waals surface area (Å²) < 4.78 is 0. The number of fused-ring (bicyclic) bond motifs is 1. The van der Waals surface area contributed by atoms with Crippen LogP contribution in [-0.4, -0.2) is 33.8 Å². The number of β-amino-alcohol motifs (C(OH)–C–C–N with tert-alkyl or cyclic N) is 1. The predicted octanol–water partition coefficient (Wildman–Crippen LogP) is 2.87. The van der Waals surface area contributed by atoms with Crippen molar-refractivity contribution in [1.29, 1.82) is 0 Å². The van der Waals surface area contributed by atoms with Crippen LogP contribution in [0.4, 0.5) is 5.82 Å². The Hall–Kier alpha value is -0.910. The highest BCUT2D eigenvalue weighted by Crippen LogP contribution is 2.35. The minimum absolute atomic E-state index is 0.276. The molecule has 3 heterocycles. The maximum Gasteiger partial charge on any atom is 0.225 e. The van der Waals surface area contributed by atoms with E-state index in [1.54, 1.807) is 11.3 Å². The van der Waals surface area contributed by atoms with Crippen LogP contribution < -0.4 is 4.90 Å². The fourth-order valence-electron chi connectivity index (χ4n) is 2.47. The zero-order chi connectivity index (χ0) is 13.6. The average molecular weight is 298 g/mol. The lowest BCUT2D eigenvalue weighted by atomic mass is 10.1. The lowest BCUT2D eigenvalue weighted by Gasteiger charge is -2.20. The van der Waals surface area contributed by atoms with Crippen molar-refractivity contribution in [2.24, 2.45) is 0 Å². The van der Waals surface area contributed by atoms with Gasteiger partial charge in [-0.3, -0.25) is 0 Å². The van der Waals surface area contributed by atoms with E-state index in [0.717, 1.165) is 35.4 Å². The first kappa shape index (κ1) is 13.1. The van der Waals surface area contributed by atoms with Gasteiger partial charge in [-0.15, -0.1) is 11.3 Å². The molecule has 1 N–H and O–H groups in total. The van der Waals surface area contributed by atoms with Crippen LogP contribution in [0.5, 0.6) is 0 Å². The molecule has 1 aliphatic heterocycles. The fourth-order valence-corrected chi connectivity index (χ4v) is 3.65. The number of nitrogens with zero attached hydrogens (tertiary/aromatic N) is 3. The molecule has 0 spiro atoms. The summed E-state index contributed by atoms with van der Waals surface area (Å²) in [6, 6.07) is 2.14. The van der Waals surface area contributed by atoms with E-state index in [-0.39, 0.29) is 5.28 Å². The molecule has 3 rings (SSSR count). The Kier molecular flexibility index (Phi) is 3.15. The van der Waals surface area contributed by atoms with Gasteiger partial charge in [0.25, 0.3) is 0 Å². The molecule has 1 aliphatic rings. The lowest BCUT2D eigenvalue weighted by molar-refractivity contribution is 0.0839. The summed E-state index contributed by atoms with van der Waals surface area (Å²) in [4.78, 5) is 13.0. The highest BCUT2D eigenvalue weighted by atomic mass is 35.5. The molecule has 0 amide bonds. The van der Waals surface area contributed by atoms with Gasteiger partial charge < -0.3 is 10.0 Å². The van der Waals surface area contributed by atoms with Gasteiger partial charge in [0.2, 0.25) is 5.28 Å². The van der Waals surface area contributed by atoms with Crippen LogP contribution in [0.15, 0.2) is 6.07 Å². The van der Waals surface area contributed by atoms with Crippen LogP contribution in [0.3, 0.4) is 0 Å². The van der Waals surface area contributed by atoms with Crippen molar-refractivity contribution in [3.8, 4) is 0 Å². The van der Waals surface area contributed by atoms with Gasteiger partial charge in [0.1, 0.15) is 10.6 Å². The quantitative estimate of drug-likeness (QED) is 0.866. The van der Waals surface area contributed by atoms with Gasteiger partial charge in [-0.05, 0) is 37.4 Å². The maximum atomic E-state index is 10.1. The second kappa shape index (κ2) is 4.58. The zero-order valence-corrected chi connectivity index (χ0v) is 12.6. The van der Waals surface area contributed by atoms with Crippen molar-refractivity contribution in [3.63, 3.8) is 0 Å². The monoisotopic (exact) mass is 297 g/mol. The first-order chi connectivity index (χ1) is 8.98. The normalized spacial score (nSPS) is 23.5. The fraction of sp³-hybridized carbons (Fsp3) is 0.538. The van der Waals surface area contributed by atoms with E-state index in [0.29, 0.717) is 6.54 Å². The summed E-state index contributed by atoms with van der Waals surface area (Å²) in [6.07, 6.45) is 1.73. The van der Waals surface area contributed by atoms with E-state index in [2.05, 4.69) is 27.9 Å². The average Bonchev–Trinajstić information content (AvgIpc) is 2.90. The Morgan fingerprint density at radius 1 is 1.53 bits per heavy atom. The molecule has 1 fully saturated rings. The summed E-state index contributed by atoms with van der Waals surface area (Å²) in [5.74, 6) is 0.851. The highest BCUT2D eigenvalue weighted by Gasteiger charge is 2.33. The second-order valence-corrected chi connectivity index (χ2v) is 6.72. The van der Waals surface area contributed by atoms with Gasteiger partial charge in [-0.1, -0.05) is 6.92 Å². The number of thiophene rings is 1. The van der Waals surface area contributed by atoms with Crippen molar-refractivity contribution in [2.75, 3.05) is 18.0 Å². The van der Waals surface area contributed by atoms with Crippen molar-refractivity contribution >= 4 is 39.0 Å². The molecule has 0 aromatic carbocycles. The SMILES string of the molecule is CCc1cc2c(N3CCC(C)(O)C3)nc(Cl)nc2s1. The van der Waals surface area contributed by atoms with E-state index < -0.39 is 5.60 Å². The molecule has 2 aromatic rings. The molecule has 6 heteroatoms. The van der Waals surface area contributed by atoms with Crippen molar-refractivity contribution in [2.45, 2.75) is 32.3 Å². The van der Waals surface area contributed by atoms with Crippen LogP contribution in [-0.2, 0) is 6.42 Å². The third-order valence-corrected chi connectivity index (χ3v) is 4.84. The van der Waals surface area contributed by atoms with Gasteiger partial charge in [-0.25, -0.2) is 4.98 Å². The van der Waals surface area contributed by atoms with E-state index in [1.807, 2.05) is 6.92 Å². The van der Waals surface area contributed by atoms with Crippen LogP contribution in [0.1, 0.15) is 25.1 Å². The smallest absolute Gasteiger partial charge is 0.225 e. The van der Waals surface area contributed by atoms with E-state index >= 15 is 0 Å². The second-order valence-electron chi connectivity index (χ2n) is 5.27. The number of halogens is 1. The predicted molar refractivity (Wildman–Crippen MR) is 79.3 cm³/mol. The summed E-state index contributed by atoms with van der Waals surface area (Å²) in [7, 11) is 0. The first-order valence-electron chi connectivity index (χ1n) is 6.42. The standard InChI is InChI=1S/C13H16ClN3OS/c1-3-8-6-9-10(15-12(14)16-11(9)19-8)17-5-4-13(2,18)7-17/h6,18H,3-5,7H2,1-2H3. The first-order valence-corrected chi connectivity index (χ1v) is 7.61. The Bertz CT molecular complexity index is 626. The van der Waals surface area contributed by atoms with E-state index in [4.69, 9.17) is 11.6 Å². The Morgan fingerprint density at radius 3 is 2.95 bits per heavy atom. The molecule has 2 aromatic heterocycles. The number of anilines is 1. The van der Waals surface area contributed by atoms with Gasteiger partial charge in [0.15, 0.2) is 0 Å². The van der Waals surface area contributed by atoms with Crippen LogP contribution in [0, 0.1) is 0 Å². The summed E-state index contributed by atoms with van der Waals surface area (Å²) >= 11 is 7.68. The molecule has 1 saturated heterocycles. The molecule has 0 aliphatic carbocycles. The topological polar surface area (TPSA) is 49.2 Å². The minimum Gasteiger partial charge on any atom is -0.388 e. The van der Waals surface area contributed by atoms with Gasteiger partial charge in [0, 0.05) is 18.0 Å². The number of hydrogen-bond donors (Lipinski definition) is 1. The summed E-state index contributed by atoms with van der Waals surface area (Å²) in [5, 5.41) is 11.4. The molecule has 0 saturated carbocycles. The van der Waals surface area contributed by atoms with Crippen LogP contribution in [0.25, 0.3) is 10.2 Å². The molecule has 0 radical (unpaired) electrons. The van der Waals surface area contributed by atoms with E-state index in [1.165, 1.54) is 4.88 Å². The molecule has 0 bridgehead atoms. The third-order valence-electron chi connectivity index (χ3n) is 3.50. The number of aliphatic hydroxyl groups is 1. The van der Waals surface area contributed by atoms with Crippen LogP contribution >= 0.6 is 22.9 Å². The van der Waals surface area contributed by atoms with Gasteiger partial charge >= 0.3 is 0 Å². The van der Waals surface area contributed by atoms with Crippen LogP contribution in [0.2, 0.25) is 5.28 Å². The molecule has 1 unspecified atom stereocenters.